The van der Waals surface area contributed by atoms with Gasteiger partial charge in [-0.2, -0.15) is 0 Å². The molecule has 1 N–H and O–H groups in total. The number of thioether (sulfide) groups is 1. The number of nitrogens with one attached hydrogen (secondary N) is 1. The first-order valence-corrected chi connectivity index (χ1v) is 7.52. The normalized spacial score (nSPS) is 28.2. The molecule has 98 valence electrons. The number of aliphatic imine (C=N–C) groups is 1. The van der Waals surface area contributed by atoms with Crippen LogP contribution in [0.3, 0.4) is 0 Å². The molecule has 1 saturated heterocycles. The summed E-state index contributed by atoms with van der Waals surface area (Å²) in [6, 6.07) is 0. The molecule has 1 fully saturated rings. The zero-order chi connectivity index (χ0) is 12.3. The molecule has 1 atom stereocenters. The highest BCUT2D eigenvalue weighted by molar-refractivity contribution is 8.14. The topological polar surface area (TPSA) is 33.6 Å². The van der Waals surface area contributed by atoms with Crippen molar-refractivity contribution in [3.8, 4) is 0 Å². The summed E-state index contributed by atoms with van der Waals surface area (Å²) in [5, 5.41) is 5.46. The first kappa shape index (κ1) is 13.2. The maximum atomic E-state index is 5.42. The third-order valence-corrected chi connectivity index (χ3v) is 4.59. The van der Waals surface area contributed by atoms with E-state index in [4.69, 9.17) is 4.74 Å². The Balaban J connectivity index is 1.80. The number of ether oxygens (including phenoxy) is 1. The van der Waals surface area contributed by atoms with Gasteiger partial charge in [-0.05, 0) is 32.1 Å². The van der Waals surface area contributed by atoms with E-state index in [1.807, 2.05) is 11.8 Å². The van der Waals surface area contributed by atoms with E-state index in [0.717, 1.165) is 43.7 Å². The SMILES string of the molecule is CC(C)CC1CN=C(NC2(C)CCOCC2)S1. The largest absolute Gasteiger partial charge is 0.381 e. The first-order chi connectivity index (χ1) is 8.07. The quantitative estimate of drug-likeness (QED) is 0.843. The highest BCUT2D eigenvalue weighted by Crippen LogP contribution is 2.28. The minimum Gasteiger partial charge on any atom is -0.381 e. The van der Waals surface area contributed by atoms with Gasteiger partial charge in [-0.25, -0.2) is 0 Å². The van der Waals surface area contributed by atoms with Gasteiger partial charge in [-0.15, -0.1) is 0 Å². The molecule has 1 unspecified atom stereocenters. The first-order valence-electron chi connectivity index (χ1n) is 6.64. The average molecular weight is 256 g/mol. The molecule has 0 spiro atoms. The average Bonchev–Trinajstić information content (AvgIpc) is 2.64. The zero-order valence-corrected chi connectivity index (χ0v) is 12.0. The van der Waals surface area contributed by atoms with Crippen LogP contribution in [0.5, 0.6) is 0 Å². The van der Waals surface area contributed by atoms with Crippen molar-refractivity contribution in [3.05, 3.63) is 0 Å². The van der Waals surface area contributed by atoms with Crippen molar-refractivity contribution >= 4 is 16.9 Å². The standard InChI is InChI=1S/C13H24N2OS/c1-10(2)8-11-9-14-12(17-11)15-13(3)4-6-16-7-5-13/h10-11H,4-9H2,1-3H3,(H,14,15). The Bertz CT molecular complexity index is 285. The molecule has 2 aliphatic heterocycles. The Morgan fingerprint density at radius 2 is 2.18 bits per heavy atom. The van der Waals surface area contributed by atoms with Gasteiger partial charge in [0.15, 0.2) is 5.17 Å². The highest BCUT2D eigenvalue weighted by Gasteiger charge is 2.30. The monoisotopic (exact) mass is 256 g/mol. The van der Waals surface area contributed by atoms with Crippen LogP contribution in [0.4, 0.5) is 0 Å². The van der Waals surface area contributed by atoms with Crippen LogP contribution in [0.1, 0.15) is 40.0 Å². The summed E-state index contributed by atoms with van der Waals surface area (Å²) in [6.07, 6.45) is 3.43. The lowest BCUT2D eigenvalue weighted by molar-refractivity contribution is 0.0528. The molecule has 3 nitrogen and oxygen atoms in total. The maximum Gasteiger partial charge on any atom is 0.157 e. The molecule has 0 bridgehead atoms. The molecule has 2 heterocycles. The van der Waals surface area contributed by atoms with E-state index >= 15 is 0 Å². The van der Waals surface area contributed by atoms with E-state index in [1.54, 1.807) is 0 Å². The minimum atomic E-state index is 0.191. The van der Waals surface area contributed by atoms with Crippen LogP contribution in [0.15, 0.2) is 4.99 Å². The van der Waals surface area contributed by atoms with Crippen molar-refractivity contribution in [1.82, 2.24) is 5.32 Å². The Morgan fingerprint density at radius 3 is 2.82 bits per heavy atom. The fourth-order valence-electron chi connectivity index (χ4n) is 2.34. The van der Waals surface area contributed by atoms with Crippen LogP contribution in [-0.2, 0) is 4.74 Å². The molecule has 0 aromatic carbocycles. The van der Waals surface area contributed by atoms with Gasteiger partial charge in [0.1, 0.15) is 0 Å². The van der Waals surface area contributed by atoms with Gasteiger partial charge in [0.05, 0.1) is 6.54 Å². The molecule has 17 heavy (non-hydrogen) atoms. The third-order valence-electron chi connectivity index (χ3n) is 3.46. The number of hydrogen-bond donors (Lipinski definition) is 1. The summed E-state index contributed by atoms with van der Waals surface area (Å²) in [7, 11) is 0. The van der Waals surface area contributed by atoms with Crippen molar-refractivity contribution in [2.24, 2.45) is 10.9 Å². The fraction of sp³-hybridized carbons (Fsp3) is 0.923. The summed E-state index contributed by atoms with van der Waals surface area (Å²) >= 11 is 1.93. The second-order valence-corrected chi connectivity index (χ2v) is 7.10. The van der Waals surface area contributed by atoms with Crippen molar-refractivity contribution in [1.29, 1.82) is 0 Å². The molecule has 4 heteroatoms. The summed E-state index contributed by atoms with van der Waals surface area (Å²) in [5.74, 6) is 0.765. The second kappa shape index (κ2) is 5.61. The summed E-state index contributed by atoms with van der Waals surface area (Å²) in [6.45, 7) is 9.58. The highest BCUT2D eigenvalue weighted by atomic mass is 32.2. The Hall–Kier alpha value is -0.220. The van der Waals surface area contributed by atoms with Crippen LogP contribution in [0.2, 0.25) is 0 Å². The van der Waals surface area contributed by atoms with Crippen LogP contribution < -0.4 is 5.32 Å². The Morgan fingerprint density at radius 1 is 1.47 bits per heavy atom. The maximum absolute atomic E-state index is 5.42. The van der Waals surface area contributed by atoms with Gasteiger partial charge in [0, 0.05) is 24.0 Å². The van der Waals surface area contributed by atoms with Gasteiger partial charge in [0.2, 0.25) is 0 Å². The molecule has 2 rings (SSSR count). The lowest BCUT2D eigenvalue weighted by Gasteiger charge is -2.35. The number of nitrogens with zero attached hydrogens (tertiary/aromatic N) is 1. The van der Waals surface area contributed by atoms with Crippen molar-refractivity contribution in [3.63, 3.8) is 0 Å². The van der Waals surface area contributed by atoms with Crippen LogP contribution in [-0.4, -0.2) is 35.7 Å². The Kier molecular flexibility index (Phi) is 4.36. The Labute approximate surface area is 109 Å². The van der Waals surface area contributed by atoms with E-state index in [2.05, 4.69) is 31.1 Å². The number of amidine groups is 1. The zero-order valence-electron chi connectivity index (χ0n) is 11.2. The molecule has 0 aliphatic carbocycles. The molecule has 0 aromatic rings. The molecule has 0 aromatic heterocycles. The smallest absolute Gasteiger partial charge is 0.157 e. The van der Waals surface area contributed by atoms with E-state index in [-0.39, 0.29) is 5.54 Å². The van der Waals surface area contributed by atoms with Gasteiger partial charge in [0.25, 0.3) is 0 Å². The lowest BCUT2D eigenvalue weighted by Crippen LogP contribution is -2.48. The summed E-state index contributed by atoms with van der Waals surface area (Å²) < 4.78 is 5.42. The predicted octanol–water partition coefficient (Wildman–Crippen LogP) is 2.66. The van der Waals surface area contributed by atoms with E-state index < -0.39 is 0 Å². The lowest BCUT2D eigenvalue weighted by atomic mass is 9.93. The molecule has 2 aliphatic rings. The van der Waals surface area contributed by atoms with Crippen LogP contribution in [0.25, 0.3) is 0 Å². The minimum absolute atomic E-state index is 0.191. The third kappa shape index (κ3) is 3.88. The van der Waals surface area contributed by atoms with Gasteiger partial charge >= 0.3 is 0 Å². The van der Waals surface area contributed by atoms with Gasteiger partial charge < -0.3 is 10.1 Å². The van der Waals surface area contributed by atoms with Crippen molar-refractivity contribution in [2.75, 3.05) is 19.8 Å². The summed E-state index contributed by atoms with van der Waals surface area (Å²) in [5.41, 5.74) is 0.191. The molecule has 0 saturated carbocycles. The fourth-order valence-corrected chi connectivity index (χ4v) is 3.74. The number of rotatable bonds is 3. The molecular weight excluding hydrogens is 232 g/mol. The van der Waals surface area contributed by atoms with Crippen LogP contribution >= 0.6 is 11.8 Å². The van der Waals surface area contributed by atoms with Crippen molar-refractivity contribution in [2.45, 2.75) is 50.8 Å². The van der Waals surface area contributed by atoms with Crippen molar-refractivity contribution < 1.29 is 4.74 Å². The van der Waals surface area contributed by atoms with E-state index in [0.29, 0.717) is 5.25 Å². The molecule has 0 amide bonds. The molecule has 0 radical (unpaired) electrons. The van der Waals surface area contributed by atoms with Crippen LogP contribution in [0, 0.1) is 5.92 Å². The summed E-state index contributed by atoms with van der Waals surface area (Å²) in [4.78, 5) is 4.64. The predicted molar refractivity (Wildman–Crippen MR) is 74.7 cm³/mol. The number of hydrogen-bond acceptors (Lipinski definition) is 4. The van der Waals surface area contributed by atoms with E-state index in [9.17, 15) is 0 Å². The second-order valence-electron chi connectivity index (χ2n) is 5.81. The van der Waals surface area contributed by atoms with Gasteiger partial charge in [-0.3, -0.25) is 4.99 Å². The van der Waals surface area contributed by atoms with E-state index in [1.165, 1.54) is 6.42 Å². The van der Waals surface area contributed by atoms with Gasteiger partial charge in [-0.1, -0.05) is 25.6 Å². The molecular formula is C13H24N2OS.